The van der Waals surface area contributed by atoms with Crippen LogP contribution in [0.4, 0.5) is 0 Å². The first kappa shape index (κ1) is 30.0. The van der Waals surface area contributed by atoms with E-state index in [4.69, 9.17) is 4.74 Å². The Morgan fingerprint density at radius 1 is 0.677 bits per heavy atom. The summed E-state index contributed by atoms with van der Waals surface area (Å²) >= 11 is 0. The quantitative estimate of drug-likeness (QED) is 0.196. The molecular weight excluding hydrogens is 462 g/mol. The molecule has 0 spiro atoms. The van der Waals surface area contributed by atoms with Crippen molar-refractivity contribution in [1.29, 1.82) is 0 Å². The van der Waals surface area contributed by atoms with Crippen molar-refractivity contribution in [3.8, 4) is 0 Å². The van der Waals surface area contributed by atoms with E-state index in [-0.39, 0.29) is 62.0 Å². The number of hydrogen-bond donors (Lipinski definition) is 2. The van der Waals surface area contributed by atoms with Crippen LogP contribution in [-0.4, -0.2) is 25.9 Å². The summed E-state index contributed by atoms with van der Waals surface area (Å²) in [6.07, 6.45) is 6.36. The Hall–Kier alpha value is -0.980. The van der Waals surface area contributed by atoms with Crippen molar-refractivity contribution in [2.45, 2.75) is 0 Å². The summed E-state index contributed by atoms with van der Waals surface area (Å²) in [5, 5.41) is 0. The molecule has 0 bridgehead atoms. The van der Waals surface area contributed by atoms with E-state index in [1.54, 1.807) is 60.7 Å². The van der Waals surface area contributed by atoms with E-state index in [2.05, 4.69) is 0 Å². The average molecular weight is 482 g/mol. The zero-order valence-electron chi connectivity index (χ0n) is 19.0. The van der Waals surface area contributed by atoms with Gasteiger partial charge in [-0.3, -0.25) is 9.11 Å². The van der Waals surface area contributed by atoms with Crippen molar-refractivity contribution < 1.29 is 92.6 Å². The van der Waals surface area contributed by atoms with E-state index in [0.717, 1.165) is 24.7 Å². The summed E-state index contributed by atoms with van der Waals surface area (Å²) in [4.78, 5) is -0.848. The summed E-state index contributed by atoms with van der Waals surface area (Å²) in [6.45, 7) is 0. The molecule has 0 radical (unpaired) electrons. The van der Waals surface area contributed by atoms with Crippen LogP contribution in [0.25, 0.3) is 12.2 Å². The van der Waals surface area contributed by atoms with Gasteiger partial charge in [-0.1, -0.05) is 60.7 Å². The van der Waals surface area contributed by atoms with Crippen LogP contribution in [0.1, 0.15) is 14.0 Å². The first-order valence-electron chi connectivity index (χ1n) is 8.13. The number of rotatable bonds is 8. The zero-order valence-corrected chi connectivity index (χ0v) is 22.6. The van der Waals surface area contributed by atoms with Gasteiger partial charge in [-0.05, 0) is 35.4 Å². The Kier molecular flexibility index (Phi) is 13.8. The molecule has 0 saturated heterocycles. The van der Waals surface area contributed by atoms with Gasteiger partial charge in [0.25, 0.3) is 20.2 Å². The van der Waals surface area contributed by atoms with Crippen molar-refractivity contribution >= 4 is 32.4 Å². The van der Waals surface area contributed by atoms with Crippen LogP contribution in [0, 0.1) is 0 Å². The maximum atomic E-state index is 11.5. The number of benzene rings is 2. The van der Waals surface area contributed by atoms with Gasteiger partial charge in [0.15, 0.2) is 0 Å². The van der Waals surface area contributed by atoms with Crippen molar-refractivity contribution in [3.63, 3.8) is 0 Å². The Bertz CT molecular complexity index is 1070. The van der Waals surface area contributed by atoms with E-state index in [1.165, 1.54) is 12.2 Å². The van der Waals surface area contributed by atoms with Crippen molar-refractivity contribution in [1.82, 2.24) is 0 Å². The minimum Gasteiger partial charge on any atom is -1.00 e. The van der Waals surface area contributed by atoms with E-state index < -0.39 is 30.0 Å². The first-order chi connectivity index (χ1) is 13.7. The van der Waals surface area contributed by atoms with Gasteiger partial charge in [0, 0.05) is 0 Å². The third-order valence-corrected chi connectivity index (χ3v) is 5.13. The van der Waals surface area contributed by atoms with Crippen molar-refractivity contribution in [2.75, 3.05) is 0 Å². The van der Waals surface area contributed by atoms with Crippen LogP contribution in [0.3, 0.4) is 0 Å². The second-order valence-electron chi connectivity index (χ2n) is 5.61. The molecule has 2 aromatic carbocycles. The molecule has 0 fully saturated rings. The molecule has 7 nitrogen and oxygen atoms in total. The van der Waals surface area contributed by atoms with E-state index in [1.807, 2.05) is 0 Å². The van der Waals surface area contributed by atoms with Crippen LogP contribution in [-0.2, 0) is 25.0 Å². The Labute approximate surface area is 229 Å². The molecule has 0 heterocycles. The molecule has 0 aliphatic carbocycles. The fourth-order valence-electron chi connectivity index (χ4n) is 2.10. The monoisotopic (exact) mass is 482 g/mol. The molecule has 2 aromatic rings. The fraction of sp³-hybridized carbons (Fsp3) is 0. The van der Waals surface area contributed by atoms with Gasteiger partial charge in [-0.15, -0.1) is 0 Å². The maximum absolute atomic E-state index is 11.5. The number of ether oxygens (including phenoxy) is 1. The van der Waals surface area contributed by atoms with E-state index in [0.29, 0.717) is 11.1 Å². The molecule has 0 aliphatic heterocycles. The molecule has 0 aromatic heterocycles. The third kappa shape index (κ3) is 11.4. The Morgan fingerprint density at radius 2 is 1.00 bits per heavy atom. The van der Waals surface area contributed by atoms with Gasteiger partial charge in [-0.2, -0.15) is 16.8 Å². The molecule has 31 heavy (non-hydrogen) atoms. The summed E-state index contributed by atoms with van der Waals surface area (Å²) in [5.74, 6) is 0. The van der Waals surface area contributed by atoms with Crippen molar-refractivity contribution in [2.24, 2.45) is 0 Å². The molecule has 0 aliphatic rings. The van der Waals surface area contributed by atoms with Crippen LogP contribution in [0.15, 0.2) is 95.2 Å². The topological polar surface area (TPSA) is 118 Å². The zero-order chi connectivity index (χ0) is 21.3. The van der Waals surface area contributed by atoms with E-state index in [9.17, 15) is 25.9 Å². The van der Waals surface area contributed by atoms with Crippen LogP contribution >= 0.6 is 0 Å². The molecule has 0 amide bonds. The molecule has 11 heteroatoms. The Balaban J connectivity index is -0.00000225. The third-order valence-electron chi connectivity index (χ3n) is 3.43. The summed E-state index contributed by atoms with van der Waals surface area (Å²) in [7, 11) is -9.02. The second kappa shape index (κ2) is 14.2. The molecule has 0 atom stereocenters. The van der Waals surface area contributed by atoms with Crippen molar-refractivity contribution in [3.05, 3.63) is 106 Å². The first-order valence-corrected chi connectivity index (χ1v) is 11.0. The second-order valence-corrected chi connectivity index (χ2v) is 8.45. The average Bonchev–Trinajstić information content (AvgIpc) is 2.66. The summed E-state index contributed by atoms with van der Waals surface area (Å²) < 4.78 is 69.5. The molecular formula is C20H20Na2O7S2. The smallest absolute Gasteiger partial charge is 1.00 e. The van der Waals surface area contributed by atoms with Gasteiger partial charge in [0.1, 0.15) is 0 Å². The normalized spacial score (nSPS) is 13.0. The van der Waals surface area contributed by atoms with Gasteiger partial charge < -0.3 is 7.59 Å². The van der Waals surface area contributed by atoms with Gasteiger partial charge in [0.2, 0.25) is 0 Å². The van der Waals surface area contributed by atoms with Gasteiger partial charge in [-0.25, -0.2) is 0 Å². The van der Waals surface area contributed by atoms with Crippen LogP contribution in [0.5, 0.6) is 0 Å². The molecule has 2 N–H and O–H groups in total. The SMILES string of the molecule is O=S(=O)(O)C(C=COC=CC(=Cc1ccccc1)S(=O)(=O)O)=Cc1ccccc1.[H-].[H-].[Na+].[Na+]. The number of hydrogen-bond acceptors (Lipinski definition) is 5. The van der Waals surface area contributed by atoms with Gasteiger partial charge >= 0.3 is 59.1 Å². The van der Waals surface area contributed by atoms with E-state index >= 15 is 0 Å². The molecule has 156 valence electrons. The molecule has 0 unspecified atom stereocenters. The minimum absolute atomic E-state index is 0. The Morgan fingerprint density at radius 3 is 1.29 bits per heavy atom. The summed E-state index contributed by atoms with van der Waals surface area (Å²) in [5.41, 5.74) is 1.08. The van der Waals surface area contributed by atoms with Crippen LogP contribution in [0.2, 0.25) is 0 Å². The summed E-state index contributed by atoms with van der Waals surface area (Å²) in [6, 6.07) is 16.9. The predicted octanol–water partition coefficient (Wildman–Crippen LogP) is -1.88. The standard InChI is InChI=1S/C20H18O7S2.2Na.2H/c21-28(22,23)19(15-17-7-3-1-4-8-17)11-13-27-14-12-20(29(24,25)26)16-18-9-5-2-6-10-18;;;;/h1-16H,(H,21,22,23)(H,24,25,26);;;;/q;2*+1;2*-1. The molecule has 2 rings (SSSR count). The fourth-order valence-corrected chi connectivity index (χ4v) is 3.13. The predicted molar refractivity (Wildman–Crippen MR) is 114 cm³/mol. The van der Waals surface area contributed by atoms with Gasteiger partial charge in [0.05, 0.1) is 22.3 Å². The minimum atomic E-state index is -4.51. The molecule has 0 saturated carbocycles. The number of allylic oxidation sites excluding steroid dienone is 2. The maximum Gasteiger partial charge on any atom is 1.00 e. The largest absolute Gasteiger partial charge is 1.00 e. The van der Waals surface area contributed by atoms with Crippen LogP contribution < -0.4 is 59.1 Å².